The number of piperazine rings is 1. The minimum Gasteiger partial charge on any atom is -0.379 e. The second-order valence-corrected chi connectivity index (χ2v) is 7.05. The van der Waals surface area contributed by atoms with Gasteiger partial charge in [-0.15, -0.1) is 0 Å². The Morgan fingerprint density at radius 2 is 2.07 bits per heavy atom. The van der Waals surface area contributed by atoms with E-state index < -0.39 is 17.5 Å². The van der Waals surface area contributed by atoms with E-state index >= 15 is 0 Å². The Morgan fingerprint density at radius 3 is 2.76 bits per heavy atom. The highest BCUT2D eigenvalue weighted by Gasteiger charge is 2.24. The molecule has 1 unspecified atom stereocenters. The molecule has 0 saturated carbocycles. The second-order valence-electron chi connectivity index (χ2n) is 7.05. The zero-order valence-corrected chi connectivity index (χ0v) is 16.8. The van der Waals surface area contributed by atoms with E-state index in [0.29, 0.717) is 32.0 Å². The van der Waals surface area contributed by atoms with Gasteiger partial charge in [-0.1, -0.05) is 26.2 Å². The highest BCUT2D eigenvalue weighted by Crippen LogP contribution is 2.15. The molecule has 29 heavy (non-hydrogen) atoms. The molecule has 0 aliphatic carbocycles. The lowest BCUT2D eigenvalue weighted by Crippen LogP contribution is -2.53. The van der Waals surface area contributed by atoms with Crippen molar-refractivity contribution >= 4 is 17.8 Å². The van der Waals surface area contributed by atoms with Crippen LogP contribution in [0.4, 0.5) is 14.5 Å². The van der Waals surface area contributed by atoms with Gasteiger partial charge in [0.1, 0.15) is 11.6 Å². The smallest absolute Gasteiger partial charge is 0.250 e. The van der Waals surface area contributed by atoms with E-state index in [2.05, 4.69) is 17.6 Å². The van der Waals surface area contributed by atoms with Crippen LogP contribution in [0.1, 0.15) is 32.6 Å². The predicted molar refractivity (Wildman–Crippen MR) is 110 cm³/mol. The minimum absolute atomic E-state index is 0.00203. The summed E-state index contributed by atoms with van der Waals surface area (Å²) < 4.78 is 32.4. The third-order valence-electron chi connectivity index (χ3n) is 4.69. The highest BCUT2D eigenvalue weighted by molar-refractivity contribution is 6.02. The van der Waals surface area contributed by atoms with Gasteiger partial charge in [-0.2, -0.15) is 0 Å². The maximum Gasteiger partial charge on any atom is 0.250 e. The van der Waals surface area contributed by atoms with E-state index in [9.17, 15) is 13.6 Å². The van der Waals surface area contributed by atoms with Gasteiger partial charge in [-0.25, -0.2) is 8.78 Å². The van der Waals surface area contributed by atoms with Crippen LogP contribution in [-0.4, -0.2) is 55.9 Å². The number of rotatable bonds is 11. The number of allylic oxidation sites excluding steroid dienone is 1. The zero-order chi connectivity index (χ0) is 21.1. The second kappa shape index (κ2) is 12.3. The molecule has 2 rings (SSSR count). The van der Waals surface area contributed by atoms with Crippen molar-refractivity contribution in [2.75, 3.05) is 38.2 Å². The van der Waals surface area contributed by atoms with Crippen LogP contribution in [-0.2, 0) is 9.53 Å². The number of nitrogens with zero attached hydrogens (tertiary/aromatic N) is 1. The maximum atomic E-state index is 13.3. The highest BCUT2D eigenvalue weighted by atomic mass is 19.1. The van der Waals surface area contributed by atoms with Gasteiger partial charge < -0.3 is 25.7 Å². The summed E-state index contributed by atoms with van der Waals surface area (Å²) in [6.07, 6.45) is 6.94. The number of benzene rings is 1. The standard InChI is InChI=1S/C21H30F2N4O2/c1-2-3-4-5-8-29-15-20-14-25-6-7-27(20)19(13-24)12-21(28)26-18-10-16(22)9-17(23)11-18/h9-13,20,24-25H,2-8,14-15H2,1H3,(H,26,28)/b19-12+,24-13?. The van der Waals surface area contributed by atoms with Crippen molar-refractivity contribution < 1.29 is 18.3 Å². The van der Waals surface area contributed by atoms with E-state index in [0.717, 1.165) is 43.8 Å². The molecule has 8 heteroatoms. The van der Waals surface area contributed by atoms with E-state index in [1.165, 1.54) is 18.9 Å². The van der Waals surface area contributed by atoms with Gasteiger partial charge in [-0.3, -0.25) is 4.79 Å². The van der Waals surface area contributed by atoms with E-state index in [1.54, 1.807) is 0 Å². The van der Waals surface area contributed by atoms with Gasteiger partial charge in [0.2, 0.25) is 0 Å². The topological polar surface area (TPSA) is 77.5 Å². The van der Waals surface area contributed by atoms with Gasteiger partial charge in [0.05, 0.1) is 18.3 Å². The fourth-order valence-electron chi connectivity index (χ4n) is 3.25. The lowest BCUT2D eigenvalue weighted by Gasteiger charge is -2.38. The number of carbonyl (C=O) groups is 1. The van der Waals surface area contributed by atoms with Crippen LogP contribution in [0.2, 0.25) is 0 Å². The first-order valence-electron chi connectivity index (χ1n) is 10.1. The molecule has 1 amide bonds. The number of hydrogen-bond donors (Lipinski definition) is 3. The Bertz CT molecular complexity index is 692. The Kier molecular flexibility index (Phi) is 9.73. The summed E-state index contributed by atoms with van der Waals surface area (Å²) in [6.45, 7) is 5.41. The number of carbonyl (C=O) groups excluding carboxylic acids is 1. The largest absolute Gasteiger partial charge is 0.379 e. The quantitative estimate of drug-likeness (QED) is 0.298. The lowest BCUT2D eigenvalue weighted by atomic mass is 10.1. The third kappa shape index (κ3) is 7.91. The third-order valence-corrected chi connectivity index (χ3v) is 4.69. The Balaban J connectivity index is 1.96. The Hall–Kier alpha value is -2.32. The molecule has 1 aromatic rings. The SMILES string of the molecule is CCCCCCOCC1CNCCN1/C(C=N)=C/C(=O)Nc1cc(F)cc(F)c1. The Labute approximate surface area is 170 Å². The summed E-state index contributed by atoms with van der Waals surface area (Å²) in [7, 11) is 0. The van der Waals surface area contributed by atoms with Crippen molar-refractivity contribution in [3.05, 3.63) is 41.6 Å². The van der Waals surface area contributed by atoms with Gasteiger partial charge in [-0.05, 0) is 18.6 Å². The van der Waals surface area contributed by atoms with Crippen molar-refractivity contribution in [3.63, 3.8) is 0 Å². The number of hydrogen-bond acceptors (Lipinski definition) is 5. The molecule has 1 heterocycles. The average molecular weight is 408 g/mol. The summed E-state index contributed by atoms with van der Waals surface area (Å²) in [5.74, 6) is -2.09. The van der Waals surface area contributed by atoms with Crippen LogP contribution < -0.4 is 10.6 Å². The molecule has 1 aliphatic heterocycles. The molecule has 6 nitrogen and oxygen atoms in total. The van der Waals surface area contributed by atoms with Crippen molar-refractivity contribution in [3.8, 4) is 0 Å². The van der Waals surface area contributed by atoms with Crippen LogP contribution in [0, 0.1) is 17.0 Å². The van der Waals surface area contributed by atoms with Crippen molar-refractivity contribution in [1.82, 2.24) is 10.2 Å². The molecule has 160 valence electrons. The van der Waals surface area contributed by atoms with Crippen LogP contribution in [0.15, 0.2) is 30.0 Å². The molecule has 0 radical (unpaired) electrons. The molecule has 1 saturated heterocycles. The summed E-state index contributed by atoms with van der Waals surface area (Å²) in [6, 6.07) is 2.82. The summed E-state index contributed by atoms with van der Waals surface area (Å²) in [5, 5.41) is 13.5. The molecule has 1 aliphatic rings. The van der Waals surface area contributed by atoms with E-state index in [1.807, 2.05) is 4.90 Å². The molecular formula is C21H30F2N4O2. The maximum absolute atomic E-state index is 13.3. The number of unbranched alkanes of at least 4 members (excludes halogenated alkanes) is 3. The predicted octanol–water partition coefficient (Wildman–Crippen LogP) is 3.31. The van der Waals surface area contributed by atoms with Crippen LogP contribution in [0.5, 0.6) is 0 Å². The number of nitrogens with one attached hydrogen (secondary N) is 3. The summed E-state index contributed by atoms with van der Waals surface area (Å²) >= 11 is 0. The fraction of sp³-hybridized carbons (Fsp3) is 0.524. The van der Waals surface area contributed by atoms with E-state index in [4.69, 9.17) is 10.1 Å². The number of anilines is 1. The first-order chi connectivity index (χ1) is 14.0. The molecule has 1 fully saturated rings. The van der Waals surface area contributed by atoms with Crippen molar-refractivity contribution in [1.29, 1.82) is 5.41 Å². The molecule has 3 N–H and O–H groups in total. The fourth-order valence-corrected chi connectivity index (χ4v) is 3.25. The Morgan fingerprint density at radius 1 is 1.31 bits per heavy atom. The van der Waals surface area contributed by atoms with Gasteiger partial charge in [0, 0.05) is 50.3 Å². The molecule has 1 atom stereocenters. The summed E-state index contributed by atoms with van der Waals surface area (Å²) in [5.41, 5.74) is 0.459. The number of ether oxygens (including phenoxy) is 1. The van der Waals surface area contributed by atoms with Crippen LogP contribution in [0.3, 0.4) is 0 Å². The lowest BCUT2D eigenvalue weighted by molar-refractivity contribution is -0.112. The number of amides is 1. The van der Waals surface area contributed by atoms with E-state index in [-0.39, 0.29) is 11.7 Å². The van der Waals surface area contributed by atoms with Crippen LogP contribution in [0.25, 0.3) is 0 Å². The van der Waals surface area contributed by atoms with Gasteiger partial charge in [0.25, 0.3) is 5.91 Å². The minimum atomic E-state index is -0.769. The van der Waals surface area contributed by atoms with Crippen LogP contribution >= 0.6 is 0 Å². The first kappa shape index (κ1) is 23.0. The van der Waals surface area contributed by atoms with Gasteiger partial charge >= 0.3 is 0 Å². The van der Waals surface area contributed by atoms with Gasteiger partial charge in [0.15, 0.2) is 0 Å². The van der Waals surface area contributed by atoms with Crippen molar-refractivity contribution in [2.45, 2.75) is 38.6 Å². The molecule has 0 aromatic heterocycles. The molecule has 1 aromatic carbocycles. The zero-order valence-electron chi connectivity index (χ0n) is 16.8. The number of halogens is 2. The normalized spacial score (nSPS) is 17.3. The molecule has 0 spiro atoms. The average Bonchev–Trinajstić information content (AvgIpc) is 2.68. The molecular weight excluding hydrogens is 378 g/mol. The monoisotopic (exact) mass is 408 g/mol. The summed E-state index contributed by atoms with van der Waals surface area (Å²) in [4.78, 5) is 14.3. The first-order valence-corrected chi connectivity index (χ1v) is 10.1. The van der Waals surface area contributed by atoms with Crippen molar-refractivity contribution in [2.24, 2.45) is 0 Å². The molecule has 0 bridgehead atoms.